The van der Waals surface area contributed by atoms with Crippen LogP contribution in [0.2, 0.25) is 0 Å². The fraction of sp³-hybridized carbons (Fsp3) is 0.158. The molecule has 5 heteroatoms. The number of hydrogen-bond acceptors (Lipinski definition) is 3. The van der Waals surface area contributed by atoms with E-state index in [0.29, 0.717) is 18.5 Å². The highest BCUT2D eigenvalue weighted by molar-refractivity contribution is 6.44. The Hall–Kier alpha value is -3.08. The molecular weight excluding hydrogens is 304 g/mol. The zero-order valence-corrected chi connectivity index (χ0v) is 13.3. The lowest BCUT2D eigenvalue weighted by atomic mass is 10.1. The zero-order valence-electron chi connectivity index (χ0n) is 13.3. The predicted molar refractivity (Wildman–Crippen MR) is 92.3 cm³/mol. The largest absolute Gasteiger partial charge is 0.496 e. The van der Waals surface area contributed by atoms with Crippen LogP contribution in [-0.4, -0.2) is 30.3 Å². The minimum absolute atomic E-state index is 0.368. The van der Waals surface area contributed by atoms with Crippen LogP contribution >= 0.6 is 0 Å². The Labute approximate surface area is 139 Å². The number of carbonyl (C=O) groups is 2. The van der Waals surface area contributed by atoms with E-state index in [-0.39, 0.29) is 0 Å². The SMILES string of the molecule is COc1ccccc1CCNC(=O)C(=O)c1c[nH]c2ccccc12. The molecule has 3 aromatic rings. The number of amides is 1. The molecule has 2 aromatic carbocycles. The molecule has 0 aliphatic carbocycles. The van der Waals surface area contributed by atoms with Crippen molar-refractivity contribution in [3.8, 4) is 5.75 Å². The first-order valence-corrected chi connectivity index (χ1v) is 7.71. The molecule has 0 radical (unpaired) electrons. The van der Waals surface area contributed by atoms with Crippen LogP contribution in [0, 0.1) is 0 Å². The summed E-state index contributed by atoms with van der Waals surface area (Å²) >= 11 is 0. The monoisotopic (exact) mass is 322 g/mol. The number of methoxy groups -OCH3 is 1. The standard InChI is InChI=1S/C19H18N2O3/c1-24-17-9-5-2-6-13(17)10-11-20-19(23)18(22)15-12-21-16-8-4-3-7-14(15)16/h2-9,12,21H,10-11H2,1H3,(H,20,23). The van der Waals surface area contributed by atoms with Crippen molar-refractivity contribution in [3.05, 3.63) is 65.9 Å². The molecule has 1 amide bonds. The summed E-state index contributed by atoms with van der Waals surface area (Å²) in [6.07, 6.45) is 2.17. The first kappa shape index (κ1) is 15.8. The lowest BCUT2D eigenvalue weighted by Crippen LogP contribution is -2.32. The topological polar surface area (TPSA) is 71.2 Å². The van der Waals surface area contributed by atoms with Crippen molar-refractivity contribution < 1.29 is 14.3 Å². The molecule has 0 fully saturated rings. The number of fused-ring (bicyclic) bond motifs is 1. The third-order valence-electron chi connectivity index (χ3n) is 3.91. The maximum Gasteiger partial charge on any atom is 0.292 e. The molecule has 0 spiro atoms. The van der Waals surface area contributed by atoms with E-state index in [4.69, 9.17) is 4.74 Å². The van der Waals surface area contributed by atoms with Gasteiger partial charge in [-0.1, -0.05) is 36.4 Å². The highest BCUT2D eigenvalue weighted by atomic mass is 16.5. The minimum Gasteiger partial charge on any atom is -0.496 e. The number of ketones is 1. The van der Waals surface area contributed by atoms with Gasteiger partial charge in [0.25, 0.3) is 11.7 Å². The first-order chi connectivity index (χ1) is 11.7. The Balaban J connectivity index is 1.64. The van der Waals surface area contributed by atoms with Crippen LogP contribution in [0.4, 0.5) is 0 Å². The molecule has 5 nitrogen and oxygen atoms in total. The molecule has 0 unspecified atom stereocenters. The third kappa shape index (κ3) is 3.15. The summed E-state index contributed by atoms with van der Waals surface area (Å²) in [4.78, 5) is 27.5. The van der Waals surface area contributed by atoms with Gasteiger partial charge in [0.05, 0.1) is 12.7 Å². The van der Waals surface area contributed by atoms with Gasteiger partial charge in [0, 0.05) is 23.6 Å². The number of carbonyl (C=O) groups excluding carboxylic acids is 2. The van der Waals surface area contributed by atoms with Crippen molar-refractivity contribution in [2.45, 2.75) is 6.42 Å². The average molecular weight is 322 g/mol. The van der Waals surface area contributed by atoms with E-state index in [0.717, 1.165) is 22.2 Å². The fourth-order valence-electron chi connectivity index (χ4n) is 2.68. The van der Waals surface area contributed by atoms with Gasteiger partial charge in [-0.05, 0) is 24.1 Å². The van der Waals surface area contributed by atoms with Crippen molar-refractivity contribution >= 4 is 22.6 Å². The van der Waals surface area contributed by atoms with Gasteiger partial charge in [-0.25, -0.2) is 0 Å². The van der Waals surface area contributed by atoms with Crippen LogP contribution in [0.5, 0.6) is 5.75 Å². The van der Waals surface area contributed by atoms with Crippen LogP contribution < -0.4 is 10.1 Å². The molecule has 0 aliphatic rings. The van der Waals surface area contributed by atoms with E-state index in [1.165, 1.54) is 0 Å². The Morgan fingerprint density at radius 1 is 1.08 bits per heavy atom. The number of aromatic amines is 1. The van der Waals surface area contributed by atoms with Crippen LogP contribution in [0.15, 0.2) is 54.7 Å². The number of nitrogens with one attached hydrogen (secondary N) is 2. The van der Waals surface area contributed by atoms with E-state index in [1.54, 1.807) is 13.3 Å². The molecule has 1 heterocycles. The van der Waals surface area contributed by atoms with Crippen LogP contribution in [-0.2, 0) is 11.2 Å². The molecular formula is C19H18N2O3. The van der Waals surface area contributed by atoms with Crippen LogP contribution in [0.25, 0.3) is 10.9 Å². The second kappa shape index (κ2) is 7.00. The number of Topliss-reactive ketones (excluding diaryl/α,β-unsaturated/α-hetero) is 1. The number of rotatable bonds is 6. The molecule has 0 aliphatic heterocycles. The minimum atomic E-state index is -0.602. The summed E-state index contributed by atoms with van der Waals surface area (Å²) in [6, 6.07) is 15.0. The Morgan fingerprint density at radius 2 is 1.83 bits per heavy atom. The molecule has 0 bridgehead atoms. The molecule has 2 N–H and O–H groups in total. The predicted octanol–water partition coefficient (Wildman–Crippen LogP) is 2.72. The van der Waals surface area contributed by atoms with Gasteiger partial charge in [-0.2, -0.15) is 0 Å². The van der Waals surface area contributed by atoms with Gasteiger partial charge in [0.1, 0.15) is 5.75 Å². The van der Waals surface area contributed by atoms with Gasteiger partial charge in [-0.15, -0.1) is 0 Å². The van der Waals surface area contributed by atoms with Crippen molar-refractivity contribution in [3.63, 3.8) is 0 Å². The molecule has 3 rings (SSSR count). The van der Waals surface area contributed by atoms with E-state index < -0.39 is 11.7 Å². The second-order valence-electron chi connectivity index (χ2n) is 5.39. The number of ether oxygens (including phenoxy) is 1. The fourth-order valence-corrected chi connectivity index (χ4v) is 2.68. The number of aromatic nitrogens is 1. The van der Waals surface area contributed by atoms with Gasteiger partial charge in [0.2, 0.25) is 0 Å². The van der Waals surface area contributed by atoms with Crippen LogP contribution in [0.1, 0.15) is 15.9 Å². The highest BCUT2D eigenvalue weighted by Crippen LogP contribution is 2.19. The summed E-state index contributed by atoms with van der Waals surface area (Å²) in [5.74, 6) is -0.364. The molecule has 0 saturated heterocycles. The van der Waals surface area contributed by atoms with E-state index in [9.17, 15) is 9.59 Å². The summed E-state index contributed by atoms with van der Waals surface area (Å²) in [6.45, 7) is 0.368. The Bertz CT molecular complexity index is 883. The van der Waals surface area contributed by atoms with Crippen molar-refractivity contribution in [1.82, 2.24) is 10.3 Å². The van der Waals surface area contributed by atoms with Crippen LogP contribution in [0.3, 0.4) is 0 Å². The Kier molecular flexibility index (Phi) is 4.61. The maximum atomic E-state index is 12.3. The van der Waals surface area contributed by atoms with Gasteiger partial charge >= 0.3 is 0 Å². The number of hydrogen-bond donors (Lipinski definition) is 2. The van der Waals surface area contributed by atoms with Crippen molar-refractivity contribution in [2.24, 2.45) is 0 Å². The second-order valence-corrected chi connectivity index (χ2v) is 5.39. The maximum absolute atomic E-state index is 12.3. The van der Waals surface area contributed by atoms with E-state index in [2.05, 4.69) is 10.3 Å². The Morgan fingerprint density at radius 3 is 2.67 bits per heavy atom. The van der Waals surface area contributed by atoms with Gasteiger partial charge < -0.3 is 15.0 Å². The summed E-state index contributed by atoms with van der Waals surface area (Å²) in [7, 11) is 1.61. The molecule has 122 valence electrons. The molecule has 24 heavy (non-hydrogen) atoms. The third-order valence-corrected chi connectivity index (χ3v) is 3.91. The number of H-pyrrole nitrogens is 1. The van der Waals surface area contributed by atoms with Gasteiger partial charge in [-0.3, -0.25) is 9.59 Å². The quantitative estimate of drug-likeness (QED) is 0.541. The van der Waals surface area contributed by atoms with Crippen molar-refractivity contribution in [2.75, 3.05) is 13.7 Å². The number of para-hydroxylation sites is 2. The van der Waals surface area contributed by atoms with E-state index >= 15 is 0 Å². The van der Waals surface area contributed by atoms with Gasteiger partial charge in [0.15, 0.2) is 0 Å². The zero-order chi connectivity index (χ0) is 16.9. The lowest BCUT2D eigenvalue weighted by molar-refractivity contribution is -0.116. The van der Waals surface area contributed by atoms with Crippen molar-refractivity contribution in [1.29, 1.82) is 0 Å². The number of benzene rings is 2. The summed E-state index contributed by atoms with van der Waals surface area (Å²) in [5, 5.41) is 3.43. The molecule has 0 saturated carbocycles. The smallest absolute Gasteiger partial charge is 0.292 e. The summed E-state index contributed by atoms with van der Waals surface area (Å²) in [5.41, 5.74) is 2.21. The molecule has 0 atom stereocenters. The molecule has 1 aromatic heterocycles. The lowest BCUT2D eigenvalue weighted by Gasteiger charge is -2.08. The first-order valence-electron chi connectivity index (χ1n) is 7.71. The van der Waals surface area contributed by atoms with E-state index in [1.807, 2.05) is 48.5 Å². The highest BCUT2D eigenvalue weighted by Gasteiger charge is 2.19. The normalized spacial score (nSPS) is 10.5. The average Bonchev–Trinajstić information content (AvgIpc) is 3.05. The summed E-state index contributed by atoms with van der Waals surface area (Å²) < 4.78 is 5.27.